The summed E-state index contributed by atoms with van der Waals surface area (Å²) < 4.78 is 0. The number of carbonyl (C=O) groups excluding carboxylic acids is 2. The Balaban J connectivity index is 1.50. The van der Waals surface area contributed by atoms with Crippen molar-refractivity contribution in [2.75, 3.05) is 36.0 Å². The fraction of sp³-hybridized carbons (Fsp3) is 0.364. The van der Waals surface area contributed by atoms with Crippen molar-refractivity contribution in [3.8, 4) is 0 Å². The average Bonchev–Trinajstić information content (AvgIpc) is 2.65. The topological polar surface area (TPSA) is 87.5 Å². The summed E-state index contributed by atoms with van der Waals surface area (Å²) in [6.07, 6.45) is 6.13. The minimum absolute atomic E-state index is 0.00267. The standard InChI is InChI=1S/C22H28N4O2/c23-18-8-6-7-17(15-18)22(28)25-20-11-9-19(10-12-20)24-21(27)16-26-13-4-2-1-3-5-14-26/h6-12,15H,1-5,13-14,16,23H2,(H,24,27)(H,25,28). The monoisotopic (exact) mass is 380 g/mol. The molecule has 0 saturated carbocycles. The zero-order chi connectivity index (χ0) is 19.8. The quantitative estimate of drug-likeness (QED) is 0.690. The predicted molar refractivity (Wildman–Crippen MR) is 113 cm³/mol. The average molecular weight is 380 g/mol. The molecule has 0 radical (unpaired) electrons. The molecule has 4 N–H and O–H groups in total. The van der Waals surface area contributed by atoms with Gasteiger partial charge in [0.15, 0.2) is 0 Å². The van der Waals surface area contributed by atoms with Crippen LogP contribution in [0.2, 0.25) is 0 Å². The summed E-state index contributed by atoms with van der Waals surface area (Å²) in [6, 6.07) is 14.0. The molecule has 1 aliphatic rings. The highest BCUT2D eigenvalue weighted by Crippen LogP contribution is 2.16. The first kappa shape index (κ1) is 19.9. The Labute approximate surface area is 166 Å². The zero-order valence-electron chi connectivity index (χ0n) is 16.1. The lowest BCUT2D eigenvalue weighted by molar-refractivity contribution is -0.117. The highest BCUT2D eigenvalue weighted by Gasteiger charge is 2.12. The van der Waals surface area contributed by atoms with E-state index in [9.17, 15) is 9.59 Å². The smallest absolute Gasteiger partial charge is 0.255 e. The highest BCUT2D eigenvalue weighted by atomic mass is 16.2. The minimum atomic E-state index is -0.221. The second-order valence-electron chi connectivity index (χ2n) is 7.25. The Morgan fingerprint density at radius 1 is 0.857 bits per heavy atom. The first-order chi connectivity index (χ1) is 13.6. The number of nitrogens with two attached hydrogens (primary N) is 1. The predicted octanol–water partition coefficient (Wildman–Crippen LogP) is 3.73. The number of hydrogen-bond acceptors (Lipinski definition) is 4. The van der Waals surface area contributed by atoms with E-state index in [0.717, 1.165) is 31.6 Å². The lowest BCUT2D eigenvalue weighted by atomic mass is 10.1. The summed E-state index contributed by atoms with van der Waals surface area (Å²) in [7, 11) is 0. The van der Waals surface area contributed by atoms with Crippen molar-refractivity contribution in [1.29, 1.82) is 0 Å². The van der Waals surface area contributed by atoms with E-state index in [2.05, 4.69) is 15.5 Å². The van der Waals surface area contributed by atoms with Crippen molar-refractivity contribution in [2.24, 2.45) is 0 Å². The Bertz CT molecular complexity index is 796. The van der Waals surface area contributed by atoms with E-state index >= 15 is 0 Å². The maximum absolute atomic E-state index is 12.3. The molecule has 0 atom stereocenters. The molecule has 6 nitrogen and oxygen atoms in total. The number of benzene rings is 2. The Hall–Kier alpha value is -2.86. The number of carbonyl (C=O) groups is 2. The third kappa shape index (κ3) is 6.09. The zero-order valence-corrected chi connectivity index (χ0v) is 16.1. The molecule has 1 saturated heterocycles. The van der Waals surface area contributed by atoms with Gasteiger partial charge in [0, 0.05) is 22.6 Å². The normalized spacial score (nSPS) is 15.3. The van der Waals surface area contributed by atoms with E-state index in [1.54, 1.807) is 48.5 Å². The van der Waals surface area contributed by atoms with E-state index in [-0.39, 0.29) is 11.8 Å². The third-order valence-corrected chi connectivity index (χ3v) is 4.89. The number of amides is 2. The van der Waals surface area contributed by atoms with Gasteiger partial charge in [-0.3, -0.25) is 14.5 Å². The maximum atomic E-state index is 12.3. The van der Waals surface area contributed by atoms with Crippen molar-refractivity contribution in [3.63, 3.8) is 0 Å². The number of anilines is 3. The number of nitrogens with one attached hydrogen (secondary N) is 2. The van der Waals surface area contributed by atoms with E-state index in [4.69, 9.17) is 5.73 Å². The van der Waals surface area contributed by atoms with Crippen LogP contribution < -0.4 is 16.4 Å². The van der Waals surface area contributed by atoms with Gasteiger partial charge in [0.05, 0.1) is 6.54 Å². The second-order valence-corrected chi connectivity index (χ2v) is 7.25. The van der Waals surface area contributed by atoms with Gasteiger partial charge in [-0.1, -0.05) is 25.3 Å². The third-order valence-electron chi connectivity index (χ3n) is 4.89. The van der Waals surface area contributed by atoms with Gasteiger partial charge in [0.2, 0.25) is 5.91 Å². The fourth-order valence-electron chi connectivity index (χ4n) is 3.39. The summed E-state index contributed by atoms with van der Waals surface area (Å²) in [5, 5.41) is 5.76. The molecular formula is C22H28N4O2. The molecule has 148 valence electrons. The van der Waals surface area contributed by atoms with Crippen LogP contribution in [0, 0.1) is 0 Å². The summed E-state index contributed by atoms with van der Waals surface area (Å²) in [5.41, 5.74) is 8.15. The molecule has 1 aliphatic heterocycles. The molecule has 0 aromatic heterocycles. The largest absolute Gasteiger partial charge is 0.399 e. The molecule has 1 heterocycles. The first-order valence-corrected chi connectivity index (χ1v) is 9.89. The van der Waals surface area contributed by atoms with Crippen LogP contribution in [0.25, 0.3) is 0 Å². The van der Waals surface area contributed by atoms with Gasteiger partial charge in [-0.25, -0.2) is 0 Å². The van der Waals surface area contributed by atoms with Gasteiger partial charge in [0.1, 0.15) is 0 Å². The van der Waals surface area contributed by atoms with Crippen LogP contribution >= 0.6 is 0 Å². The SMILES string of the molecule is Nc1cccc(C(=O)Nc2ccc(NC(=O)CN3CCCCCCC3)cc2)c1. The number of hydrogen-bond donors (Lipinski definition) is 3. The maximum Gasteiger partial charge on any atom is 0.255 e. The molecule has 3 rings (SSSR count). The van der Waals surface area contributed by atoms with Crippen LogP contribution in [0.4, 0.5) is 17.1 Å². The molecular weight excluding hydrogens is 352 g/mol. The molecule has 28 heavy (non-hydrogen) atoms. The molecule has 1 fully saturated rings. The van der Waals surface area contributed by atoms with Gasteiger partial charge in [-0.15, -0.1) is 0 Å². The molecule has 2 amide bonds. The molecule has 2 aromatic carbocycles. The van der Waals surface area contributed by atoms with E-state index < -0.39 is 0 Å². The molecule has 0 bridgehead atoms. The fourth-order valence-corrected chi connectivity index (χ4v) is 3.39. The lowest BCUT2D eigenvalue weighted by Gasteiger charge is -2.23. The summed E-state index contributed by atoms with van der Waals surface area (Å²) >= 11 is 0. The van der Waals surface area contributed by atoms with E-state index in [0.29, 0.717) is 23.5 Å². The summed E-state index contributed by atoms with van der Waals surface area (Å²) in [5.74, 6) is -0.224. The number of nitrogens with zero attached hydrogens (tertiary/aromatic N) is 1. The van der Waals surface area contributed by atoms with Crippen molar-refractivity contribution >= 4 is 28.9 Å². The Kier molecular flexibility index (Phi) is 7.03. The van der Waals surface area contributed by atoms with Gasteiger partial charge in [0.25, 0.3) is 5.91 Å². The summed E-state index contributed by atoms with van der Waals surface area (Å²) in [4.78, 5) is 26.8. The molecule has 6 heteroatoms. The van der Waals surface area contributed by atoms with Gasteiger partial charge in [-0.2, -0.15) is 0 Å². The van der Waals surface area contributed by atoms with Crippen LogP contribution in [0.3, 0.4) is 0 Å². The second kappa shape index (κ2) is 9.90. The van der Waals surface area contributed by atoms with Gasteiger partial charge in [-0.05, 0) is 68.4 Å². The summed E-state index contributed by atoms with van der Waals surface area (Å²) in [6.45, 7) is 2.40. The number of likely N-dealkylation sites (tertiary alicyclic amines) is 1. The Morgan fingerprint density at radius 2 is 1.46 bits per heavy atom. The highest BCUT2D eigenvalue weighted by molar-refractivity contribution is 6.04. The van der Waals surface area contributed by atoms with E-state index in [1.165, 1.54) is 19.3 Å². The van der Waals surface area contributed by atoms with Crippen molar-refractivity contribution in [2.45, 2.75) is 32.1 Å². The molecule has 0 unspecified atom stereocenters. The van der Waals surface area contributed by atoms with Crippen LogP contribution in [0.1, 0.15) is 42.5 Å². The lowest BCUT2D eigenvalue weighted by Crippen LogP contribution is -2.35. The first-order valence-electron chi connectivity index (χ1n) is 9.89. The van der Waals surface area contributed by atoms with Crippen LogP contribution in [0.5, 0.6) is 0 Å². The van der Waals surface area contributed by atoms with Crippen molar-refractivity contribution in [3.05, 3.63) is 54.1 Å². The molecule has 2 aromatic rings. The van der Waals surface area contributed by atoms with Crippen molar-refractivity contribution in [1.82, 2.24) is 4.90 Å². The van der Waals surface area contributed by atoms with Crippen molar-refractivity contribution < 1.29 is 9.59 Å². The van der Waals surface area contributed by atoms with E-state index in [1.807, 2.05) is 0 Å². The van der Waals surface area contributed by atoms with Gasteiger partial charge >= 0.3 is 0 Å². The minimum Gasteiger partial charge on any atom is -0.399 e. The van der Waals surface area contributed by atoms with Gasteiger partial charge < -0.3 is 16.4 Å². The number of nitrogen functional groups attached to an aromatic ring is 1. The Morgan fingerprint density at radius 3 is 2.11 bits per heavy atom. The van der Waals surface area contributed by atoms with Crippen LogP contribution in [0.15, 0.2) is 48.5 Å². The molecule has 0 aliphatic carbocycles. The van der Waals surface area contributed by atoms with Crippen LogP contribution in [-0.2, 0) is 4.79 Å². The molecule has 0 spiro atoms. The number of rotatable bonds is 5. The van der Waals surface area contributed by atoms with Crippen LogP contribution in [-0.4, -0.2) is 36.3 Å².